The van der Waals surface area contributed by atoms with Crippen molar-refractivity contribution in [2.45, 2.75) is 0 Å². The zero-order valence-electron chi connectivity index (χ0n) is 8.03. The maximum absolute atomic E-state index is 13.3. The number of hydrogen-bond acceptors (Lipinski definition) is 3. The average molecular weight is 205 g/mol. The number of methoxy groups -OCH3 is 1. The first-order valence-electron chi connectivity index (χ1n) is 4.13. The largest absolute Gasteiger partial charge is 0.465 e. The van der Waals surface area contributed by atoms with Gasteiger partial charge < -0.3 is 4.74 Å². The SMILES string of the molecule is COC(=O)c1ccc(C=CC#N)c(F)c1. The van der Waals surface area contributed by atoms with Gasteiger partial charge >= 0.3 is 5.97 Å². The first-order chi connectivity index (χ1) is 7.19. The Hall–Kier alpha value is -2.15. The molecular formula is C11H8FNO2. The molecule has 1 rings (SSSR count). The predicted octanol–water partition coefficient (Wildman–Crippen LogP) is 2.15. The van der Waals surface area contributed by atoms with Crippen molar-refractivity contribution in [3.05, 3.63) is 41.2 Å². The molecule has 0 atom stereocenters. The molecule has 0 N–H and O–H groups in total. The molecule has 1 aromatic rings. The number of carbonyl (C=O) groups excluding carboxylic acids is 1. The van der Waals surface area contributed by atoms with Crippen LogP contribution in [0.2, 0.25) is 0 Å². The quantitative estimate of drug-likeness (QED) is 0.549. The van der Waals surface area contributed by atoms with Gasteiger partial charge in [0.2, 0.25) is 0 Å². The number of nitrogens with zero attached hydrogens (tertiary/aromatic N) is 1. The lowest BCUT2D eigenvalue weighted by molar-refractivity contribution is 0.0600. The standard InChI is InChI=1S/C11H8FNO2/c1-15-11(14)9-5-4-8(3-2-6-13)10(12)7-9/h2-5,7H,1H3. The molecule has 0 aliphatic carbocycles. The Kier molecular flexibility index (Phi) is 3.58. The van der Waals surface area contributed by atoms with E-state index in [-0.39, 0.29) is 11.1 Å². The van der Waals surface area contributed by atoms with E-state index in [0.717, 1.165) is 12.1 Å². The Bertz CT molecular complexity index is 446. The van der Waals surface area contributed by atoms with Crippen LogP contribution in [0.5, 0.6) is 0 Å². The number of ether oxygens (including phenoxy) is 1. The van der Waals surface area contributed by atoms with E-state index in [1.54, 1.807) is 6.07 Å². The fourth-order valence-electron chi connectivity index (χ4n) is 1.03. The monoisotopic (exact) mass is 205 g/mol. The van der Waals surface area contributed by atoms with Crippen molar-refractivity contribution >= 4 is 12.0 Å². The minimum absolute atomic E-state index is 0.143. The second-order valence-corrected chi connectivity index (χ2v) is 2.69. The highest BCUT2D eigenvalue weighted by Gasteiger charge is 2.07. The first kappa shape index (κ1) is 10.9. The summed E-state index contributed by atoms with van der Waals surface area (Å²) >= 11 is 0. The fraction of sp³-hybridized carbons (Fsp3) is 0.0909. The van der Waals surface area contributed by atoms with E-state index < -0.39 is 11.8 Å². The molecule has 0 saturated carbocycles. The van der Waals surface area contributed by atoms with Gasteiger partial charge in [0.1, 0.15) is 5.82 Å². The van der Waals surface area contributed by atoms with Gasteiger partial charge in [-0.3, -0.25) is 0 Å². The number of benzene rings is 1. The number of allylic oxidation sites excluding steroid dienone is 1. The van der Waals surface area contributed by atoms with Crippen LogP contribution in [0.1, 0.15) is 15.9 Å². The summed E-state index contributed by atoms with van der Waals surface area (Å²) in [6, 6.07) is 5.67. The van der Waals surface area contributed by atoms with Gasteiger partial charge in [-0.1, -0.05) is 6.07 Å². The smallest absolute Gasteiger partial charge is 0.337 e. The zero-order chi connectivity index (χ0) is 11.3. The molecule has 0 heterocycles. The lowest BCUT2D eigenvalue weighted by Gasteiger charge is -2.00. The molecule has 15 heavy (non-hydrogen) atoms. The minimum atomic E-state index is -0.593. The number of halogens is 1. The molecule has 0 aliphatic heterocycles. The Morgan fingerprint density at radius 3 is 2.87 bits per heavy atom. The maximum Gasteiger partial charge on any atom is 0.337 e. The van der Waals surface area contributed by atoms with E-state index in [9.17, 15) is 9.18 Å². The topological polar surface area (TPSA) is 50.1 Å². The van der Waals surface area contributed by atoms with Crippen molar-refractivity contribution in [1.82, 2.24) is 0 Å². The van der Waals surface area contributed by atoms with E-state index in [2.05, 4.69) is 4.74 Å². The molecule has 4 heteroatoms. The molecule has 0 radical (unpaired) electrons. The summed E-state index contributed by atoms with van der Waals surface area (Å²) in [7, 11) is 1.23. The normalized spacial score (nSPS) is 9.93. The summed E-state index contributed by atoms with van der Waals surface area (Å²) in [6.07, 6.45) is 2.49. The summed E-state index contributed by atoms with van der Waals surface area (Å²) in [5.41, 5.74) is 0.397. The van der Waals surface area contributed by atoms with Crippen LogP contribution in [0.4, 0.5) is 4.39 Å². The number of nitriles is 1. The van der Waals surface area contributed by atoms with Gasteiger partial charge in [-0.05, 0) is 18.2 Å². The van der Waals surface area contributed by atoms with Crippen LogP contribution < -0.4 is 0 Å². The molecule has 0 unspecified atom stereocenters. The van der Waals surface area contributed by atoms with Crippen LogP contribution in [-0.2, 0) is 4.74 Å². The summed E-state index contributed by atoms with van der Waals surface area (Å²) in [4.78, 5) is 11.0. The van der Waals surface area contributed by atoms with Gasteiger partial charge in [-0.15, -0.1) is 0 Å². The van der Waals surface area contributed by atoms with Gasteiger partial charge in [0.15, 0.2) is 0 Å². The van der Waals surface area contributed by atoms with Crippen molar-refractivity contribution in [2.75, 3.05) is 7.11 Å². The Morgan fingerprint density at radius 2 is 2.33 bits per heavy atom. The lowest BCUT2D eigenvalue weighted by atomic mass is 10.1. The molecule has 76 valence electrons. The Labute approximate surface area is 86.4 Å². The van der Waals surface area contributed by atoms with Gasteiger partial charge in [-0.25, -0.2) is 9.18 Å². The van der Waals surface area contributed by atoms with Crippen molar-refractivity contribution in [1.29, 1.82) is 5.26 Å². The molecule has 0 fully saturated rings. The van der Waals surface area contributed by atoms with E-state index in [1.807, 2.05) is 0 Å². The third kappa shape index (κ3) is 2.64. The second-order valence-electron chi connectivity index (χ2n) is 2.69. The third-order valence-corrected chi connectivity index (χ3v) is 1.76. The molecule has 3 nitrogen and oxygen atoms in total. The van der Waals surface area contributed by atoms with Crippen molar-refractivity contribution in [3.63, 3.8) is 0 Å². The summed E-state index contributed by atoms with van der Waals surface area (Å²) < 4.78 is 17.7. The van der Waals surface area contributed by atoms with Gasteiger partial charge in [0, 0.05) is 11.6 Å². The molecule has 1 aromatic carbocycles. The summed E-state index contributed by atoms with van der Waals surface area (Å²) in [5, 5.41) is 8.27. The van der Waals surface area contributed by atoms with Crippen LogP contribution in [0.15, 0.2) is 24.3 Å². The zero-order valence-corrected chi connectivity index (χ0v) is 8.03. The number of rotatable bonds is 2. The molecule has 0 saturated heterocycles. The van der Waals surface area contributed by atoms with E-state index in [1.165, 1.54) is 25.3 Å². The van der Waals surface area contributed by atoms with Crippen molar-refractivity contribution in [3.8, 4) is 6.07 Å². The summed E-state index contributed by atoms with van der Waals surface area (Å²) in [5.74, 6) is -1.16. The number of carbonyl (C=O) groups is 1. The molecule has 0 aliphatic rings. The summed E-state index contributed by atoms with van der Waals surface area (Å²) in [6.45, 7) is 0. The van der Waals surface area contributed by atoms with Crippen LogP contribution >= 0.6 is 0 Å². The first-order valence-corrected chi connectivity index (χ1v) is 4.13. The molecule has 0 bridgehead atoms. The van der Waals surface area contributed by atoms with Crippen molar-refractivity contribution in [2.24, 2.45) is 0 Å². The third-order valence-electron chi connectivity index (χ3n) is 1.76. The highest BCUT2D eigenvalue weighted by atomic mass is 19.1. The van der Waals surface area contributed by atoms with E-state index in [4.69, 9.17) is 5.26 Å². The molecule has 0 amide bonds. The molecule has 0 spiro atoms. The van der Waals surface area contributed by atoms with Crippen LogP contribution in [-0.4, -0.2) is 13.1 Å². The van der Waals surface area contributed by atoms with Crippen LogP contribution in [0, 0.1) is 17.1 Å². The Morgan fingerprint density at radius 1 is 1.60 bits per heavy atom. The fourth-order valence-corrected chi connectivity index (χ4v) is 1.03. The maximum atomic E-state index is 13.3. The van der Waals surface area contributed by atoms with Gasteiger partial charge in [-0.2, -0.15) is 5.26 Å². The second kappa shape index (κ2) is 4.91. The Balaban J connectivity index is 3.04. The van der Waals surface area contributed by atoms with Crippen LogP contribution in [0.3, 0.4) is 0 Å². The van der Waals surface area contributed by atoms with E-state index >= 15 is 0 Å². The molecule has 0 aromatic heterocycles. The predicted molar refractivity (Wildman–Crippen MR) is 52.4 cm³/mol. The highest BCUT2D eigenvalue weighted by molar-refractivity contribution is 5.89. The average Bonchev–Trinajstić information content (AvgIpc) is 2.26. The molecular weight excluding hydrogens is 197 g/mol. The van der Waals surface area contributed by atoms with E-state index in [0.29, 0.717) is 0 Å². The number of hydrogen-bond donors (Lipinski definition) is 0. The lowest BCUT2D eigenvalue weighted by Crippen LogP contribution is -2.01. The highest BCUT2D eigenvalue weighted by Crippen LogP contribution is 2.12. The number of esters is 1. The van der Waals surface area contributed by atoms with Gasteiger partial charge in [0.25, 0.3) is 0 Å². The van der Waals surface area contributed by atoms with Crippen LogP contribution in [0.25, 0.3) is 6.08 Å². The van der Waals surface area contributed by atoms with Gasteiger partial charge in [0.05, 0.1) is 18.7 Å². The minimum Gasteiger partial charge on any atom is -0.465 e. The van der Waals surface area contributed by atoms with Crippen molar-refractivity contribution < 1.29 is 13.9 Å².